The fraction of sp³-hybridized carbons (Fsp3) is 0.667. The number of hydrogen-bond donors (Lipinski definition) is 2. The number of likely N-dealkylation sites (N-methyl/N-ethyl adjacent to an activating group) is 1. The van der Waals surface area contributed by atoms with E-state index in [0.29, 0.717) is 12.0 Å². The highest BCUT2D eigenvalue weighted by molar-refractivity contribution is 5.44. The predicted octanol–water partition coefficient (Wildman–Crippen LogP) is 1.51. The van der Waals surface area contributed by atoms with Crippen LogP contribution in [-0.4, -0.2) is 41.0 Å². The molecule has 1 aromatic rings. The highest BCUT2D eigenvalue weighted by Crippen LogP contribution is 2.10. The van der Waals surface area contributed by atoms with Gasteiger partial charge in [0.1, 0.15) is 5.82 Å². The Balaban J connectivity index is 2.43. The molecule has 0 aliphatic heterocycles. The molecular formula is C12H23N5. The van der Waals surface area contributed by atoms with Gasteiger partial charge in [0.25, 0.3) is 0 Å². The van der Waals surface area contributed by atoms with Crippen LogP contribution in [0.4, 0.5) is 11.8 Å². The first-order valence-electron chi connectivity index (χ1n) is 6.07. The van der Waals surface area contributed by atoms with E-state index in [1.165, 1.54) is 0 Å². The number of nitrogens with zero attached hydrogens (tertiary/aromatic N) is 3. The SMILES string of the molecule is CCC(C)N(C)CCNc1nc(N)ncc1C. The van der Waals surface area contributed by atoms with E-state index >= 15 is 0 Å². The lowest BCUT2D eigenvalue weighted by Gasteiger charge is -2.23. The molecule has 0 aliphatic carbocycles. The third kappa shape index (κ3) is 4.19. The van der Waals surface area contributed by atoms with Crippen LogP contribution in [0.15, 0.2) is 6.20 Å². The second kappa shape index (κ2) is 6.39. The van der Waals surface area contributed by atoms with Crippen molar-refractivity contribution in [1.82, 2.24) is 14.9 Å². The van der Waals surface area contributed by atoms with Crippen LogP contribution in [0.1, 0.15) is 25.8 Å². The van der Waals surface area contributed by atoms with Gasteiger partial charge in [-0.25, -0.2) is 4.98 Å². The molecule has 1 rings (SSSR count). The molecule has 0 radical (unpaired) electrons. The zero-order valence-corrected chi connectivity index (χ0v) is 11.2. The third-order valence-corrected chi connectivity index (χ3v) is 3.09. The average molecular weight is 237 g/mol. The van der Waals surface area contributed by atoms with Crippen molar-refractivity contribution in [2.24, 2.45) is 0 Å². The van der Waals surface area contributed by atoms with E-state index in [-0.39, 0.29) is 0 Å². The number of nitrogens with two attached hydrogens (primary N) is 1. The van der Waals surface area contributed by atoms with Gasteiger partial charge in [0.05, 0.1) is 0 Å². The summed E-state index contributed by atoms with van der Waals surface area (Å²) in [4.78, 5) is 10.4. The van der Waals surface area contributed by atoms with E-state index in [2.05, 4.69) is 41.1 Å². The summed E-state index contributed by atoms with van der Waals surface area (Å²) in [6.45, 7) is 8.24. The van der Waals surface area contributed by atoms with Crippen LogP contribution < -0.4 is 11.1 Å². The molecule has 1 atom stereocenters. The molecule has 5 nitrogen and oxygen atoms in total. The molecule has 96 valence electrons. The Hall–Kier alpha value is -1.36. The lowest BCUT2D eigenvalue weighted by Crippen LogP contribution is -2.32. The van der Waals surface area contributed by atoms with Gasteiger partial charge < -0.3 is 16.0 Å². The Morgan fingerprint density at radius 3 is 2.88 bits per heavy atom. The summed E-state index contributed by atoms with van der Waals surface area (Å²) in [5, 5.41) is 3.29. The van der Waals surface area contributed by atoms with E-state index in [1.807, 2.05) is 6.92 Å². The molecule has 0 aromatic carbocycles. The van der Waals surface area contributed by atoms with Crippen molar-refractivity contribution < 1.29 is 0 Å². The van der Waals surface area contributed by atoms with Gasteiger partial charge in [-0.3, -0.25) is 0 Å². The van der Waals surface area contributed by atoms with Gasteiger partial charge >= 0.3 is 0 Å². The first-order chi connectivity index (χ1) is 8.04. The van der Waals surface area contributed by atoms with Crippen molar-refractivity contribution in [1.29, 1.82) is 0 Å². The summed E-state index contributed by atoms with van der Waals surface area (Å²) in [5.41, 5.74) is 6.58. The Morgan fingerprint density at radius 2 is 2.24 bits per heavy atom. The van der Waals surface area contributed by atoms with E-state index in [9.17, 15) is 0 Å². The smallest absolute Gasteiger partial charge is 0.221 e. The molecule has 1 aromatic heterocycles. The molecule has 0 spiro atoms. The van der Waals surface area contributed by atoms with Crippen LogP contribution in [0.2, 0.25) is 0 Å². The van der Waals surface area contributed by atoms with Crippen molar-refractivity contribution >= 4 is 11.8 Å². The molecule has 1 unspecified atom stereocenters. The van der Waals surface area contributed by atoms with Gasteiger partial charge in [0, 0.05) is 30.9 Å². The molecule has 0 saturated carbocycles. The van der Waals surface area contributed by atoms with Gasteiger partial charge in [-0.2, -0.15) is 4.98 Å². The number of nitrogen functional groups attached to an aromatic ring is 1. The second-order valence-electron chi connectivity index (χ2n) is 4.42. The van der Waals surface area contributed by atoms with Crippen molar-refractivity contribution in [2.45, 2.75) is 33.2 Å². The molecule has 0 amide bonds. The number of aromatic nitrogens is 2. The molecule has 17 heavy (non-hydrogen) atoms. The van der Waals surface area contributed by atoms with Crippen molar-refractivity contribution in [3.63, 3.8) is 0 Å². The van der Waals surface area contributed by atoms with Crippen LogP contribution >= 0.6 is 0 Å². The highest BCUT2D eigenvalue weighted by atomic mass is 15.2. The standard InChI is InChI=1S/C12H23N5/c1-5-10(3)17(4)7-6-14-11-9(2)8-15-12(13)16-11/h8,10H,5-7H2,1-4H3,(H3,13,14,15,16). The molecule has 5 heteroatoms. The van der Waals surface area contributed by atoms with Gasteiger partial charge in [-0.05, 0) is 27.3 Å². The maximum absolute atomic E-state index is 5.56. The Bertz CT molecular complexity index is 353. The van der Waals surface area contributed by atoms with Crippen molar-refractivity contribution in [3.05, 3.63) is 11.8 Å². The minimum atomic E-state index is 0.313. The lowest BCUT2D eigenvalue weighted by molar-refractivity contribution is 0.261. The summed E-state index contributed by atoms with van der Waals surface area (Å²) >= 11 is 0. The summed E-state index contributed by atoms with van der Waals surface area (Å²) in [6.07, 6.45) is 2.90. The molecule has 0 aliphatic rings. The minimum absolute atomic E-state index is 0.313. The molecule has 0 bridgehead atoms. The van der Waals surface area contributed by atoms with E-state index in [4.69, 9.17) is 5.73 Å². The van der Waals surface area contributed by atoms with E-state index in [1.54, 1.807) is 6.20 Å². The van der Waals surface area contributed by atoms with E-state index in [0.717, 1.165) is 30.9 Å². The first kappa shape index (κ1) is 13.7. The topological polar surface area (TPSA) is 67.1 Å². The predicted molar refractivity (Wildman–Crippen MR) is 72.1 cm³/mol. The van der Waals surface area contributed by atoms with Crippen LogP contribution in [0, 0.1) is 6.92 Å². The van der Waals surface area contributed by atoms with Gasteiger partial charge in [-0.1, -0.05) is 6.92 Å². The van der Waals surface area contributed by atoms with Gasteiger partial charge in [-0.15, -0.1) is 0 Å². The third-order valence-electron chi connectivity index (χ3n) is 3.09. The number of aryl methyl sites for hydroxylation is 1. The summed E-state index contributed by atoms with van der Waals surface area (Å²) in [7, 11) is 2.14. The fourth-order valence-electron chi connectivity index (χ4n) is 1.52. The van der Waals surface area contributed by atoms with Crippen LogP contribution in [-0.2, 0) is 0 Å². The number of anilines is 2. The Morgan fingerprint density at radius 1 is 1.53 bits per heavy atom. The molecule has 0 saturated heterocycles. The van der Waals surface area contributed by atoms with Gasteiger partial charge in [0.15, 0.2) is 0 Å². The van der Waals surface area contributed by atoms with Crippen molar-refractivity contribution in [2.75, 3.05) is 31.2 Å². The maximum Gasteiger partial charge on any atom is 0.221 e. The Kier molecular flexibility index (Phi) is 5.15. The molecular weight excluding hydrogens is 214 g/mol. The van der Waals surface area contributed by atoms with Crippen LogP contribution in [0.5, 0.6) is 0 Å². The quantitative estimate of drug-likeness (QED) is 0.785. The fourth-order valence-corrected chi connectivity index (χ4v) is 1.52. The average Bonchev–Trinajstić information content (AvgIpc) is 2.32. The first-order valence-corrected chi connectivity index (χ1v) is 6.07. The van der Waals surface area contributed by atoms with Gasteiger partial charge in [0.2, 0.25) is 5.95 Å². The normalized spacial score (nSPS) is 12.8. The zero-order valence-electron chi connectivity index (χ0n) is 11.2. The molecule has 3 N–H and O–H groups in total. The van der Waals surface area contributed by atoms with Crippen molar-refractivity contribution in [3.8, 4) is 0 Å². The lowest BCUT2D eigenvalue weighted by atomic mass is 10.2. The largest absolute Gasteiger partial charge is 0.368 e. The monoisotopic (exact) mass is 237 g/mol. The number of nitrogens with one attached hydrogen (secondary N) is 1. The number of rotatable bonds is 6. The summed E-state index contributed by atoms with van der Waals surface area (Å²) in [5.74, 6) is 1.14. The molecule has 1 heterocycles. The summed E-state index contributed by atoms with van der Waals surface area (Å²) < 4.78 is 0. The zero-order chi connectivity index (χ0) is 12.8. The molecule has 0 fully saturated rings. The summed E-state index contributed by atoms with van der Waals surface area (Å²) in [6, 6.07) is 0.605. The van der Waals surface area contributed by atoms with Crippen LogP contribution in [0.3, 0.4) is 0 Å². The Labute approximate surface area is 103 Å². The highest BCUT2D eigenvalue weighted by Gasteiger charge is 2.06. The maximum atomic E-state index is 5.56. The van der Waals surface area contributed by atoms with Crippen LogP contribution in [0.25, 0.3) is 0 Å². The second-order valence-corrected chi connectivity index (χ2v) is 4.42. The minimum Gasteiger partial charge on any atom is -0.368 e. The number of hydrogen-bond acceptors (Lipinski definition) is 5. The van der Waals surface area contributed by atoms with E-state index < -0.39 is 0 Å².